The number of ketones is 1. The number of rotatable bonds is 4. The van der Waals surface area contributed by atoms with Gasteiger partial charge in [0.15, 0.2) is 0 Å². The fourth-order valence-corrected chi connectivity index (χ4v) is 2.38. The van der Waals surface area contributed by atoms with E-state index >= 15 is 0 Å². The van der Waals surface area contributed by atoms with Gasteiger partial charge in [0.25, 0.3) is 0 Å². The van der Waals surface area contributed by atoms with Gasteiger partial charge >= 0.3 is 0 Å². The summed E-state index contributed by atoms with van der Waals surface area (Å²) >= 11 is 0. The van der Waals surface area contributed by atoms with Crippen molar-refractivity contribution in [2.75, 3.05) is 0 Å². The molecule has 0 saturated heterocycles. The van der Waals surface area contributed by atoms with E-state index in [-0.39, 0.29) is 0 Å². The van der Waals surface area contributed by atoms with Crippen LogP contribution in [0.25, 0.3) is 0 Å². The van der Waals surface area contributed by atoms with Crippen LogP contribution in [-0.2, 0) is 4.79 Å². The molecule has 82 valence electrons. The Morgan fingerprint density at radius 3 is 2.79 bits per heavy atom. The molecule has 0 radical (unpaired) electrons. The maximum atomic E-state index is 11.6. The van der Waals surface area contributed by atoms with E-state index in [0.717, 1.165) is 37.5 Å². The standard InChI is InChI=1S/C13H24O/c1-10(2)5-4-6-12-9-11(3)7-8-13(12)14/h10-12H,4-9H2,1-3H3. The van der Waals surface area contributed by atoms with Crippen LogP contribution in [0.15, 0.2) is 0 Å². The number of carbonyl (C=O) groups is 1. The Bertz CT molecular complexity index is 184. The van der Waals surface area contributed by atoms with E-state index in [4.69, 9.17) is 0 Å². The van der Waals surface area contributed by atoms with Gasteiger partial charge in [0.2, 0.25) is 0 Å². The molecule has 1 heteroatoms. The third-order valence-corrected chi connectivity index (χ3v) is 3.36. The van der Waals surface area contributed by atoms with Gasteiger partial charge in [-0.15, -0.1) is 0 Å². The van der Waals surface area contributed by atoms with Crippen molar-refractivity contribution in [3.05, 3.63) is 0 Å². The molecule has 2 atom stereocenters. The molecule has 0 aliphatic heterocycles. The average Bonchev–Trinajstić information content (AvgIpc) is 2.10. The summed E-state index contributed by atoms with van der Waals surface area (Å²) in [6.07, 6.45) is 6.77. The molecule has 0 N–H and O–H groups in total. The molecule has 1 saturated carbocycles. The lowest BCUT2D eigenvalue weighted by molar-refractivity contribution is -0.125. The zero-order valence-electron chi connectivity index (χ0n) is 9.88. The first kappa shape index (κ1) is 11.7. The third kappa shape index (κ3) is 3.81. The van der Waals surface area contributed by atoms with Crippen molar-refractivity contribution < 1.29 is 4.79 Å². The summed E-state index contributed by atoms with van der Waals surface area (Å²) in [6, 6.07) is 0. The van der Waals surface area contributed by atoms with Crippen molar-refractivity contribution in [2.24, 2.45) is 17.8 Å². The number of hydrogen-bond acceptors (Lipinski definition) is 1. The Balaban J connectivity index is 2.24. The summed E-state index contributed by atoms with van der Waals surface area (Å²) in [5.41, 5.74) is 0. The lowest BCUT2D eigenvalue weighted by Gasteiger charge is -2.25. The molecule has 1 nitrogen and oxygen atoms in total. The largest absolute Gasteiger partial charge is 0.299 e. The lowest BCUT2D eigenvalue weighted by Crippen LogP contribution is -2.23. The van der Waals surface area contributed by atoms with Gasteiger partial charge in [0.1, 0.15) is 5.78 Å². The molecular weight excluding hydrogens is 172 g/mol. The van der Waals surface area contributed by atoms with Crippen LogP contribution in [0.1, 0.15) is 59.3 Å². The highest BCUT2D eigenvalue weighted by molar-refractivity contribution is 5.81. The molecule has 1 aliphatic carbocycles. The molecule has 0 spiro atoms. The highest BCUT2D eigenvalue weighted by Crippen LogP contribution is 2.29. The molecular formula is C13H24O. The van der Waals surface area contributed by atoms with Gasteiger partial charge < -0.3 is 0 Å². The maximum absolute atomic E-state index is 11.6. The van der Waals surface area contributed by atoms with Crippen molar-refractivity contribution in [3.8, 4) is 0 Å². The molecule has 1 aliphatic rings. The first-order valence-corrected chi connectivity index (χ1v) is 6.12. The molecule has 2 unspecified atom stereocenters. The van der Waals surface area contributed by atoms with E-state index in [9.17, 15) is 4.79 Å². The summed E-state index contributed by atoms with van der Waals surface area (Å²) in [5.74, 6) is 2.49. The van der Waals surface area contributed by atoms with E-state index in [0.29, 0.717) is 11.7 Å². The Morgan fingerprint density at radius 2 is 2.14 bits per heavy atom. The minimum atomic E-state index is 0.400. The molecule has 1 rings (SSSR count). The van der Waals surface area contributed by atoms with Gasteiger partial charge in [0.05, 0.1) is 0 Å². The average molecular weight is 196 g/mol. The van der Waals surface area contributed by atoms with Crippen LogP contribution < -0.4 is 0 Å². The fraction of sp³-hybridized carbons (Fsp3) is 0.923. The zero-order chi connectivity index (χ0) is 10.6. The number of Topliss-reactive ketones (excluding diaryl/α,β-unsaturated/α-hetero) is 1. The summed E-state index contributed by atoms with van der Waals surface area (Å²) in [7, 11) is 0. The van der Waals surface area contributed by atoms with Crippen LogP contribution in [0.3, 0.4) is 0 Å². The van der Waals surface area contributed by atoms with E-state index in [1.165, 1.54) is 12.8 Å². The van der Waals surface area contributed by atoms with Gasteiger partial charge in [-0.25, -0.2) is 0 Å². The minimum absolute atomic E-state index is 0.400. The van der Waals surface area contributed by atoms with Crippen LogP contribution >= 0.6 is 0 Å². The summed E-state index contributed by atoms with van der Waals surface area (Å²) in [4.78, 5) is 11.6. The van der Waals surface area contributed by atoms with Crippen molar-refractivity contribution in [1.82, 2.24) is 0 Å². The molecule has 14 heavy (non-hydrogen) atoms. The summed E-state index contributed by atoms with van der Waals surface area (Å²) < 4.78 is 0. The molecule has 0 aromatic rings. The predicted octanol–water partition coefficient (Wildman–Crippen LogP) is 3.82. The van der Waals surface area contributed by atoms with Gasteiger partial charge in [-0.3, -0.25) is 4.79 Å². The maximum Gasteiger partial charge on any atom is 0.135 e. The quantitative estimate of drug-likeness (QED) is 0.668. The molecule has 1 fully saturated rings. The highest BCUT2D eigenvalue weighted by Gasteiger charge is 2.25. The SMILES string of the molecule is CC(C)CCCC1CC(C)CCC1=O. The molecule has 0 heterocycles. The number of carbonyl (C=O) groups excluding carboxylic acids is 1. The van der Waals surface area contributed by atoms with E-state index in [1.807, 2.05) is 0 Å². The lowest BCUT2D eigenvalue weighted by atomic mass is 9.79. The Kier molecular flexibility index (Phi) is 4.64. The topological polar surface area (TPSA) is 17.1 Å². The summed E-state index contributed by atoms with van der Waals surface area (Å²) in [6.45, 7) is 6.79. The normalized spacial score (nSPS) is 28.4. The smallest absolute Gasteiger partial charge is 0.135 e. The Hall–Kier alpha value is -0.330. The fourth-order valence-electron chi connectivity index (χ4n) is 2.38. The minimum Gasteiger partial charge on any atom is -0.299 e. The second-order valence-electron chi connectivity index (χ2n) is 5.37. The number of hydrogen-bond donors (Lipinski definition) is 0. The van der Waals surface area contributed by atoms with Crippen LogP contribution in [0.5, 0.6) is 0 Å². The first-order chi connectivity index (χ1) is 6.59. The van der Waals surface area contributed by atoms with Crippen LogP contribution in [0.4, 0.5) is 0 Å². The molecule has 0 aromatic heterocycles. The van der Waals surface area contributed by atoms with E-state index < -0.39 is 0 Å². The highest BCUT2D eigenvalue weighted by atomic mass is 16.1. The Morgan fingerprint density at radius 1 is 1.43 bits per heavy atom. The van der Waals surface area contributed by atoms with Crippen molar-refractivity contribution in [3.63, 3.8) is 0 Å². The van der Waals surface area contributed by atoms with Gasteiger partial charge in [-0.05, 0) is 31.1 Å². The van der Waals surface area contributed by atoms with Crippen molar-refractivity contribution in [2.45, 2.75) is 59.3 Å². The van der Waals surface area contributed by atoms with Crippen molar-refractivity contribution >= 4 is 5.78 Å². The van der Waals surface area contributed by atoms with Gasteiger partial charge in [0, 0.05) is 12.3 Å². The predicted molar refractivity (Wildman–Crippen MR) is 60.2 cm³/mol. The second-order valence-corrected chi connectivity index (χ2v) is 5.37. The van der Waals surface area contributed by atoms with Crippen LogP contribution in [0, 0.1) is 17.8 Å². The van der Waals surface area contributed by atoms with Gasteiger partial charge in [-0.1, -0.05) is 33.6 Å². The van der Waals surface area contributed by atoms with Crippen LogP contribution in [-0.4, -0.2) is 5.78 Å². The van der Waals surface area contributed by atoms with Crippen LogP contribution in [0.2, 0.25) is 0 Å². The summed E-state index contributed by atoms with van der Waals surface area (Å²) in [5, 5.41) is 0. The van der Waals surface area contributed by atoms with Crippen molar-refractivity contribution in [1.29, 1.82) is 0 Å². The second kappa shape index (κ2) is 5.53. The first-order valence-electron chi connectivity index (χ1n) is 6.12. The van der Waals surface area contributed by atoms with E-state index in [2.05, 4.69) is 20.8 Å². The molecule has 0 aromatic carbocycles. The monoisotopic (exact) mass is 196 g/mol. The van der Waals surface area contributed by atoms with E-state index in [1.54, 1.807) is 0 Å². The van der Waals surface area contributed by atoms with Gasteiger partial charge in [-0.2, -0.15) is 0 Å². The zero-order valence-corrected chi connectivity index (χ0v) is 9.88. The molecule has 0 bridgehead atoms. The Labute approximate surface area is 88.3 Å². The third-order valence-electron chi connectivity index (χ3n) is 3.36. The molecule has 0 amide bonds.